The minimum atomic E-state index is -0.113. The molecule has 102 valence electrons. The van der Waals surface area contributed by atoms with Gasteiger partial charge in [-0.3, -0.25) is 4.57 Å². The van der Waals surface area contributed by atoms with Gasteiger partial charge in [-0.25, -0.2) is 0 Å². The Hall–Kier alpha value is -2.44. The summed E-state index contributed by atoms with van der Waals surface area (Å²) < 4.78 is 1.70. The van der Waals surface area contributed by atoms with Crippen molar-refractivity contribution in [1.29, 1.82) is 0 Å². The Morgan fingerprint density at radius 3 is 2.58 bits per heavy atom. The average molecular weight is 263 g/mol. The molecule has 19 heavy (non-hydrogen) atoms. The molecule has 0 amide bonds. The van der Waals surface area contributed by atoms with E-state index in [4.69, 9.17) is 5.73 Å². The monoisotopic (exact) mass is 263 g/mol. The van der Waals surface area contributed by atoms with Crippen LogP contribution >= 0.6 is 0 Å². The first-order valence-corrected chi connectivity index (χ1v) is 5.86. The summed E-state index contributed by atoms with van der Waals surface area (Å²) in [7, 11) is 3.69. The third kappa shape index (κ3) is 2.70. The van der Waals surface area contributed by atoms with E-state index in [1.54, 1.807) is 23.7 Å². The summed E-state index contributed by atoms with van der Waals surface area (Å²) >= 11 is 0. The van der Waals surface area contributed by atoms with E-state index in [9.17, 15) is 10.2 Å². The van der Waals surface area contributed by atoms with Crippen molar-refractivity contribution < 1.29 is 10.2 Å². The van der Waals surface area contributed by atoms with E-state index in [1.165, 1.54) is 6.07 Å². The van der Waals surface area contributed by atoms with Crippen molar-refractivity contribution in [3.05, 3.63) is 23.8 Å². The largest absolute Gasteiger partial charge is 0.504 e. The van der Waals surface area contributed by atoms with Gasteiger partial charge in [0.05, 0.1) is 0 Å². The van der Waals surface area contributed by atoms with Crippen LogP contribution in [0.3, 0.4) is 0 Å². The van der Waals surface area contributed by atoms with Crippen molar-refractivity contribution in [3.63, 3.8) is 0 Å². The van der Waals surface area contributed by atoms with Crippen LogP contribution in [0.1, 0.15) is 5.56 Å². The average Bonchev–Trinajstić information content (AvgIpc) is 2.71. The Bertz CT molecular complexity index is 581. The number of anilines is 2. The Morgan fingerprint density at radius 1 is 1.26 bits per heavy atom. The van der Waals surface area contributed by atoms with Crippen LogP contribution in [-0.4, -0.2) is 38.6 Å². The van der Waals surface area contributed by atoms with Gasteiger partial charge in [-0.1, -0.05) is 6.07 Å². The van der Waals surface area contributed by atoms with Crippen LogP contribution in [0.5, 0.6) is 11.5 Å². The molecule has 0 spiro atoms. The van der Waals surface area contributed by atoms with Crippen molar-refractivity contribution >= 4 is 11.9 Å². The molecule has 7 heteroatoms. The zero-order valence-corrected chi connectivity index (χ0v) is 10.9. The molecule has 1 heterocycles. The van der Waals surface area contributed by atoms with Crippen molar-refractivity contribution in [2.24, 2.45) is 7.05 Å². The molecule has 7 nitrogen and oxygen atoms in total. The number of hydrogen-bond donors (Lipinski definition) is 3. The van der Waals surface area contributed by atoms with Gasteiger partial charge in [0.25, 0.3) is 0 Å². The molecule has 1 aromatic carbocycles. The molecule has 0 aliphatic carbocycles. The molecule has 1 aromatic heterocycles. The van der Waals surface area contributed by atoms with E-state index < -0.39 is 0 Å². The Balaban J connectivity index is 2.02. The van der Waals surface area contributed by atoms with Gasteiger partial charge in [-0.2, -0.15) is 0 Å². The van der Waals surface area contributed by atoms with E-state index in [1.807, 2.05) is 11.9 Å². The molecule has 0 saturated heterocycles. The van der Waals surface area contributed by atoms with Crippen molar-refractivity contribution in [3.8, 4) is 11.5 Å². The number of aromatic hydroxyl groups is 2. The number of nitrogens with two attached hydrogens (primary N) is 1. The van der Waals surface area contributed by atoms with Gasteiger partial charge in [-0.05, 0) is 24.1 Å². The number of phenolic OH excluding ortho intramolecular Hbond substituents is 2. The fourth-order valence-electron chi connectivity index (χ4n) is 1.79. The van der Waals surface area contributed by atoms with E-state index in [0.29, 0.717) is 24.9 Å². The molecular formula is C12H17N5O2. The van der Waals surface area contributed by atoms with Crippen LogP contribution in [0.2, 0.25) is 0 Å². The third-order valence-electron chi connectivity index (χ3n) is 3.00. The normalized spacial score (nSPS) is 10.6. The summed E-state index contributed by atoms with van der Waals surface area (Å²) in [6.45, 7) is 0.691. The van der Waals surface area contributed by atoms with E-state index in [-0.39, 0.29) is 11.5 Å². The molecule has 0 unspecified atom stereocenters. The number of hydrogen-bond acceptors (Lipinski definition) is 6. The fraction of sp³-hybridized carbons (Fsp3) is 0.333. The van der Waals surface area contributed by atoms with Crippen LogP contribution in [-0.2, 0) is 13.5 Å². The molecule has 0 saturated carbocycles. The molecular weight excluding hydrogens is 246 g/mol. The first kappa shape index (κ1) is 13.0. The zero-order chi connectivity index (χ0) is 14.0. The van der Waals surface area contributed by atoms with Crippen LogP contribution in [0.4, 0.5) is 11.9 Å². The number of nitrogen functional groups attached to an aromatic ring is 1. The lowest BCUT2D eigenvalue weighted by atomic mass is 10.1. The third-order valence-corrected chi connectivity index (χ3v) is 3.00. The summed E-state index contributed by atoms with van der Waals surface area (Å²) in [5.74, 6) is 0.825. The van der Waals surface area contributed by atoms with Gasteiger partial charge >= 0.3 is 0 Å². The van der Waals surface area contributed by atoms with Crippen molar-refractivity contribution in [1.82, 2.24) is 14.8 Å². The lowest BCUT2D eigenvalue weighted by Crippen LogP contribution is -2.23. The SMILES string of the molecule is CN(CCc1ccc(O)c(O)c1)c1nnc(N)n1C. The second-order valence-electron chi connectivity index (χ2n) is 4.41. The summed E-state index contributed by atoms with van der Waals surface area (Å²) in [6.07, 6.45) is 0.705. The Morgan fingerprint density at radius 2 is 2.00 bits per heavy atom. The highest BCUT2D eigenvalue weighted by molar-refractivity contribution is 5.41. The lowest BCUT2D eigenvalue weighted by Gasteiger charge is -2.17. The minimum absolute atomic E-state index is 0.108. The highest BCUT2D eigenvalue weighted by atomic mass is 16.3. The number of aromatic nitrogens is 3. The second kappa shape index (κ2) is 5.05. The number of likely N-dealkylation sites (N-methyl/N-ethyl adjacent to an activating group) is 1. The summed E-state index contributed by atoms with van der Waals surface area (Å²) in [5.41, 5.74) is 6.55. The van der Waals surface area contributed by atoms with Gasteiger partial charge in [0.15, 0.2) is 11.5 Å². The highest BCUT2D eigenvalue weighted by Crippen LogP contribution is 2.25. The number of nitrogens with zero attached hydrogens (tertiary/aromatic N) is 4. The van der Waals surface area contributed by atoms with E-state index in [0.717, 1.165) is 5.56 Å². The van der Waals surface area contributed by atoms with Crippen molar-refractivity contribution in [2.45, 2.75) is 6.42 Å². The molecule has 4 N–H and O–H groups in total. The number of benzene rings is 1. The molecule has 0 aliphatic heterocycles. The predicted octanol–water partition coefficient (Wildman–Crippen LogP) is 0.487. The maximum atomic E-state index is 9.42. The van der Waals surface area contributed by atoms with Gasteiger partial charge in [-0.15, -0.1) is 10.2 Å². The zero-order valence-electron chi connectivity index (χ0n) is 10.9. The standard InChI is InChI=1S/C12H17N5O2/c1-16(12-15-14-11(13)17(12)2)6-5-8-3-4-9(18)10(19)7-8/h3-4,7,18-19H,5-6H2,1-2H3,(H2,13,14). The van der Waals surface area contributed by atoms with Crippen LogP contribution in [0.15, 0.2) is 18.2 Å². The summed E-state index contributed by atoms with van der Waals surface area (Å²) in [5, 5.41) is 26.4. The molecule has 0 atom stereocenters. The molecule has 0 bridgehead atoms. The predicted molar refractivity (Wildman–Crippen MR) is 72.2 cm³/mol. The van der Waals surface area contributed by atoms with Crippen molar-refractivity contribution in [2.75, 3.05) is 24.2 Å². The fourth-order valence-corrected chi connectivity index (χ4v) is 1.79. The van der Waals surface area contributed by atoms with Gasteiger partial charge in [0.1, 0.15) is 0 Å². The van der Waals surface area contributed by atoms with Gasteiger partial charge in [0, 0.05) is 20.6 Å². The molecule has 2 aromatic rings. The lowest BCUT2D eigenvalue weighted by molar-refractivity contribution is 0.403. The molecule has 0 fully saturated rings. The maximum Gasteiger partial charge on any atom is 0.228 e. The summed E-state index contributed by atoms with van der Waals surface area (Å²) in [6, 6.07) is 4.80. The smallest absolute Gasteiger partial charge is 0.228 e. The summed E-state index contributed by atoms with van der Waals surface area (Å²) in [4.78, 5) is 1.92. The number of rotatable bonds is 4. The molecule has 0 aliphatic rings. The molecule has 2 rings (SSSR count). The van der Waals surface area contributed by atoms with Crippen LogP contribution in [0.25, 0.3) is 0 Å². The second-order valence-corrected chi connectivity index (χ2v) is 4.41. The maximum absolute atomic E-state index is 9.42. The van der Waals surface area contributed by atoms with Gasteiger partial charge < -0.3 is 20.8 Å². The quantitative estimate of drug-likeness (QED) is 0.694. The van der Waals surface area contributed by atoms with Gasteiger partial charge in [0.2, 0.25) is 11.9 Å². The first-order chi connectivity index (χ1) is 8.99. The van der Waals surface area contributed by atoms with Crippen LogP contribution < -0.4 is 10.6 Å². The van der Waals surface area contributed by atoms with E-state index >= 15 is 0 Å². The van der Waals surface area contributed by atoms with Crippen LogP contribution in [0, 0.1) is 0 Å². The number of phenols is 2. The van der Waals surface area contributed by atoms with E-state index in [2.05, 4.69) is 10.2 Å². The first-order valence-electron chi connectivity index (χ1n) is 5.86. The minimum Gasteiger partial charge on any atom is -0.504 e. The Labute approximate surface area is 110 Å². The topological polar surface area (TPSA) is 100 Å². The molecule has 0 radical (unpaired) electrons. The highest BCUT2D eigenvalue weighted by Gasteiger charge is 2.10. The Kier molecular flexibility index (Phi) is 3.46.